The molecule has 2 aromatic heterocycles. The molecule has 0 aliphatic heterocycles. The number of nitro groups is 1. The number of hydrogen-bond donors (Lipinski definition) is 0. The van der Waals surface area contributed by atoms with Crippen LogP contribution in [0.2, 0.25) is 0 Å². The van der Waals surface area contributed by atoms with Gasteiger partial charge < -0.3 is 10.1 Å². The minimum absolute atomic E-state index is 0.0225. The predicted molar refractivity (Wildman–Crippen MR) is 67.0 cm³/mol. The zero-order chi connectivity index (χ0) is 13.3. The van der Waals surface area contributed by atoms with E-state index >= 15 is 0 Å². The van der Waals surface area contributed by atoms with Crippen molar-refractivity contribution in [2.75, 3.05) is 0 Å². The highest BCUT2D eigenvalue weighted by molar-refractivity contribution is 7.14. The largest absolute Gasteiger partial charge is 0.392 e. The Morgan fingerprint density at radius 3 is 2.72 bits per heavy atom. The van der Waals surface area contributed by atoms with E-state index in [-0.39, 0.29) is 18.1 Å². The van der Waals surface area contributed by atoms with Crippen molar-refractivity contribution in [2.24, 2.45) is 0 Å². The van der Waals surface area contributed by atoms with E-state index in [0.29, 0.717) is 10.4 Å². The highest BCUT2D eigenvalue weighted by Crippen LogP contribution is 2.18. The number of carbonyl (C=O) groups excluding carboxylic acids is 1. The van der Waals surface area contributed by atoms with Gasteiger partial charge >= 0.3 is 5.82 Å². The third-order valence-electron chi connectivity index (χ3n) is 2.41. The Morgan fingerprint density at radius 2 is 2.22 bits per heavy atom. The molecule has 0 atom stereocenters. The number of aryl methyl sites for hydroxylation is 2. The Kier molecular flexibility index (Phi) is 3.24. The smallest absolute Gasteiger partial charge is 0.358 e. The summed E-state index contributed by atoms with van der Waals surface area (Å²) in [4.78, 5) is 23.7. The first-order valence-electron chi connectivity index (χ1n) is 5.25. The summed E-state index contributed by atoms with van der Waals surface area (Å²) < 4.78 is 1.31. The van der Waals surface area contributed by atoms with Crippen molar-refractivity contribution in [2.45, 2.75) is 20.4 Å². The van der Waals surface area contributed by atoms with Crippen LogP contribution in [0.25, 0.3) is 0 Å². The van der Waals surface area contributed by atoms with Crippen molar-refractivity contribution < 1.29 is 9.72 Å². The van der Waals surface area contributed by atoms with Gasteiger partial charge in [0.1, 0.15) is 6.54 Å². The topological polar surface area (TPSA) is 78.0 Å². The van der Waals surface area contributed by atoms with Crippen LogP contribution < -0.4 is 0 Å². The summed E-state index contributed by atoms with van der Waals surface area (Å²) in [7, 11) is 0. The number of thiophene rings is 1. The molecule has 7 heteroatoms. The Bertz CT molecular complexity index is 615. The van der Waals surface area contributed by atoms with Gasteiger partial charge in [-0.2, -0.15) is 4.68 Å². The van der Waals surface area contributed by atoms with Gasteiger partial charge in [0.2, 0.25) is 0 Å². The van der Waals surface area contributed by atoms with E-state index < -0.39 is 4.92 Å². The van der Waals surface area contributed by atoms with Crippen molar-refractivity contribution >= 4 is 22.9 Å². The average molecular weight is 265 g/mol. The maximum Gasteiger partial charge on any atom is 0.392 e. The molecular weight excluding hydrogens is 254 g/mol. The lowest BCUT2D eigenvalue weighted by molar-refractivity contribution is -0.390. The van der Waals surface area contributed by atoms with Crippen LogP contribution in [0.5, 0.6) is 0 Å². The minimum atomic E-state index is -0.550. The van der Waals surface area contributed by atoms with Crippen LogP contribution in [0.1, 0.15) is 20.1 Å². The fourth-order valence-electron chi connectivity index (χ4n) is 1.58. The molecule has 0 unspecified atom stereocenters. The molecule has 0 fully saturated rings. The second-order valence-corrected chi connectivity index (χ2v) is 5.21. The fourth-order valence-corrected chi connectivity index (χ4v) is 2.38. The highest BCUT2D eigenvalue weighted by atomic mass is 32.1. The summed E-state index contributed by atoms with van der Waals surface area (Å²) in [5, 5.41) is 14.4. The zero-order valence-corrected chi connectivity index (χ0v) is 10.7. The molecule has 0 spiro atoms. The molecule has 2 rings (SSSR count). The first kappa shape index (κ1) is 12.4. The molecule has 0 aliphatic carbocycles. The molecule has 0 aliphatic rings. The Labute approximate surface area is 107 Å². The normalized spacial score (nSPS) is 10.6. The summed E-state index contributed by atoms with van der Waals surface area (Å²) >= 11 is 1.41. The highest BCUT2D eigenvalue weighted by Gasteiger charge is 2.19. The van der Waals surface area contributed by atoms with Crippen LogP contribution in [-0.4, -0.2) is 20.5 Å². The van der Waals surface area contributed by atoms with Crippen LogP contribution in [-0.2, 0) is 6.54 Å². The van der Waals surface area contributed by atoms with Crippen LogP contribution in [0.4, 0.5) is 5.82 Å². The average Bonchev–Trinajstić information content (AvgIpc) is 2.85. The maximum absolute atomic E-state index is 11.9. The van der Waals surface area contributed by atoms with Gasteiger partial charge in [-0.3, -0.25) is 4.79 Å². The van der Waals surface area contributed by atoms with Gasteiger partial charge in [0.05, 0.1) is 21.7 Å². The molecule has 0 bridgehead atoms. The summed E-state index contributed by atoms with van der Waals surface area (Å²) in [5.74, 6) is -0.296. The molecule has 2 heterocycles. The molecule has 0 radical (unpaired) electrons. The summed E-state index contributed by atoms with van der Waals surface area (Å²) in [6, 6.07) is 3.63. The van der Waals surface area contributed by atoms with Gasteiger partial charge in [0, 0.05) is 4.88 Å². The minimum Gasteiger partial charge on any atom is -0.358 e. The molecule has 6 nitrogen and oxygen atoms in total. The van der Waals surface area contributed by atoms with Gasteiger partial charge in [-0.1, -0.05) is 0 Å². The van der Waals surface area contributed by atoms with Gasteiger partial charge in [0.15, 0.2) is 5.78 Å². The Morgan fingerprint density at radius 1 is 1.50 bits per heavy atom. The second kappa shape index (κ2) is 4.69. The van der Waals surface area contributed by atoms with E-state index in [9.17, 15) is 14.9 Å². The third kappa shape index (κ3) is 2.45. The van der Waals surface area contributed by atoms with Gasteiger partial charge in [-0.25, -0.2) is 0 Å². The molecular formula is C11H11N3O3S. The van der Waals surface area contributed by atoms with E-state index in [1.807, 2.05) is 13.0 Å². The number of aromatic nitrogens is 2. The molecule has 18 heavy (non-hydrogen) atoms. The van der Waals surface area contributed by atoms with Crippen molar-refractivity contribution in [1.82, 2.24) is 9.78 Å². The van der Waals surface area contributed by atoms with E-state index in [1.165, 1.54) is 22.2 Å². The lowest BCUT2D eigenvalue weighted by Gasteiger charge is -1.94. The molecule has 0 aromatic carbocycles. The zero-order valence-electron chi connectivity index (χ0n) is 9.91. The SMILES string of the molecule is Cc1ccc(C(=O)Cn2cc(C)c([N+](=O)[O-])n2)s1. The van der Waals surface area contributed by atoms with Gasteiger partial charge in [-0.05, 0) is 30.9 Å². The standard InChI is InChI=1S/C11H11N3O3S/c1-7-5-13(12-11(7)14(16)17)6-9(15)10-4-3-8(2)18-10/h3-5H,6H2,1-2H3. The number of hydrogen-bond acceptors (Lipinski definition) is 5. The third-order valence-corrected chi connectivity index (χ3v) is 3.45. The van der Waals surface area contributed by atoms with E-state index in [2.05, 4.69) is 5.10 Å². The molecule has 0 saturated heterocycles. The summed E-state index contributed by atoms with van der Waals surface area (Å²) in [5.41, 5.74) is 0.454. The van der Waals surface area contributed by atoms with E-state index in [1.54, 1.807) is 13.0 Å². The maximum atomic E-state index is 11.9. The molecule has 94 valence electrons. The van der Waals surface area contributed by atoms with Crippen LogP contribution in [0, 0.1) is 24.0 Å². The number of ketones is 1. The molecule has 2 aromatic rings. The Hall–Kier alpha value is -2.02. The molecule has 0 N–H and O–H groups in total. The van der Waals surface area contributed by atoms with E-state index in [4.69, 9.17) is 0 Å². The van der Waals surface area contributed by atoms with E-state index in [0.717, 1.165) is 4.88 Å². The second-order valence-electron chi connectivity index (χ2n) is 3.92. The van der Waals surface area contributed by atoms with Gasteiger partial charge in [-0.15, -0.1) is 11.3 Å². The van der Waals surface area contributed by atoms with Crippen molar-refractivity contribution in [3.63, 3.8) is 0 Å². The number of carbonyl (C=O) groups is 1. The summed E-state index contributed by atoms with van der Waals surface area (Å²) in [6.07, 6.45) is 1.51. The first-order valence-corrected chi connectivity index (χ1v) is 6.07. The number of nitrogens with zero attached hydrogens (tertiary/aromatic N) is 3. The monoisotopic (exact) mass is 265 g/mol. The van der Waals surface area contributed by atoms with Crippen LogP contribution in [0.15, 0.2) is 18.3 Å². The number of rotatable bonds is 4. The van der Waals surface area contributed by atoms with Crippen molar-refractivity contribution in [3.8, 4) is 0 Å². The Balaban J connectivity index is 2.17. The lowest BCUT2D eigenvalue weighted by atomic mass is 10.3. The van der Waals surface area contributed by atoms with Crippen molar-refractivity contribution in [3.05, 3.63) is 43.8 Å². The quantitative estimate of drug-likeness (QED) is 0.483. The predicted octanol–water partition coefficient (Wildman–Crippen LogP) is 2.35. The van der Waals surface area contributed by atoms with Crippen LogP contribution >= 0.6 is 11.3 Å². The van der Waals surface area contributed by atoms with Crippen LogP contribution in [0.3, 0.4) is 0 Å². The van der Waals surface area contributed by atoms with Gasteiger partial charge in [0.25, 0.3) is 0 Å². The van der Waals surface area contributed by atoms with Crippen molar-refractivity contribution in [1.29, 1.82) is 0 Å². The lowest BCUT2D eigenvalue weighted by Crippen LogP contribution is -2.09. The summed E-state index contributed by atoms with van der Waals surface area (Å²) in [6.45, 7) is 3.54. The fraction of sp³-hybridized carbons (Fsp3) is 0.273. The first-order chi connectivity index (χ1) is 8.47. The number of Topliss-reactive ketones (excluding diaryl/α,β-unsaturated/α-hetero) is 1. The molecule has 0 amide bonds. The molecule has 0 saturated carbocycles.